The molecular weight excluding hydrogens is 277 g/mol. The molecule has 0 radical (unpaired) electrons. The van der Waals surface area contributed by atoms with Crippen molar-refractivity contribution < 1.29 is 9.18 Å². The summed E-state index contributed by atoms with van der Waals surface area (Å²) in [5, 5.41) is 0. The number of nitrogens with zero attached hydrogens (tertiary/aromatic N) is 1. The number of ketones is 1. The molecule has 2 rings (SSSR count). The molecule has 0 unspecified atom stereocenters. The van der Waals surface area contributed by atoms with Crippen LogP contribution in [0.15, 0.2) is 60.7 Å². The van der Waals surface area contributed by atoms with Gasteiger partial charge in [0.25, 0.3) is 0 Å². The number of allylic oxidation sites excluding steroid dienone is 2. The van der Waals surface area contributed by atoms with E-state index < -0.39 is 0 Å². The van der Waals surface area contributed by atoms with Gasteiger partial charge in [-0.25, -0.2) is 4.39 Å². The van der Waals surface area contributed by atoms with Crippen LogP contribution >= 0.6 is 0 Å². The maximum atomic E-state index is 13.0. The van der Waals surface area contributed by atoms with Crippen LogP contribution in [0.3, 0.4) is 0 Å². The van der Waals surface area contributed by atoms with E-state index in [1.54, 1.807) is 24.3 Å². The summed E-state index contributed by atoms with van der Waals surface area (Å²) in [7, 11) is 3.96. The quantitative estimate of drug-likeness (QED) is 0.771. The molecule has 0 N–H and O–H groups in total. The summed E-state index contributed by atoms with van der Waals surface area (Å²) in [5.74, 6) is -0.452. The number of rotatable bonds is 5. The molecule has 22 heavy (non-hydrogen) atoms. The monoisotopic (exact) mass is 295 g/mol. The van der Waals surface area contributed by atoms with E-state index in [-0.39, 0.29) is 11.6 Å². The highest BCUT2D eigenvalue weighted by molar-refractivity contribution is 6.04. The lowest BCUT2D eigenvalue weighted by Gasteiger charge is -2.11. The minimum atomic E-state index is -0.314. The second-order valence-corrected chi connectivity index (χ2v) is 5.11. The van der Waals surface area contributed by atoms with Gasteiger partial charge >= 0.3 is 0 Å². The Labute approximate surface area is 130 Å². The Hall–Kier alpha value is -2.68. The molecule has 0 atom stereocenters. The SMILES string of the molecule is CN(C)c1ccc(/C=C/C(=O)/C=C/c2cccc(F)c2)cc1. The Bertz CT molecular complexity index is 700. The molecule has 0 fully saturated rings. The standard InChI is InChI=1S/C19H18FNO/c1-21(2)18-10-6-15(7-11-18)8-12-19(22)13-9-16-4-3-5-17(20)14-16/h3-14H,1-2H3/b12-8+,13-9+. The van der Waals surface area contributed by atoms with Crippen LogP contribution in [0.5, 0.6) is 0 Å². The Balaban J connectivity index is 1.99. The van der Waals surface area contributed by atoms with E-state index in [1.807, 2.05) is 43.3 Å². The number of anilines is 1. The van der Waals surface area contributed by atoms with E-state index in [1.165, 1.54) is 24.3 Å². The molecule has 0 aliphatic carbocycles. The molecule has 2 aromatic rings. The third kappa shape index (κ3) is 4.70. The average Bonchev–Trinajstić information content (AvgIpc) is 2.51. The second-order valence-electron chi connectivity index (χ2n) is 5.11. The molecule has 0 saturated heterocycles. The average molecular weight is 295 g/mol. The largest absolute Gasteiger partial charge is 0.378 e. The van der Waals surface area contributed by atoms with Gasteiger partial charge in [-0.3, -0.25) is 4.79 Å². The lowest BCUT2D eigenvalue weighted by atomic mass is 10.1. The van der Waals surface area contributed by atoms with Crippen molar-refractivity contribution >= 4 is 23.6 Å². The molecule has 2 aromatic carbocycles. The van der Waals surface area contributed by atoms with Crippen molar-refractivity contribution in [2.24, 2.45) is 0 Å². The van der Waals surface area contributed by atoms with Crippen LogP contribution < -0.4 is 4.90 Å². The fourth-order valence-corrected chi connectivity index (χ4v) is 1.91. The van der Waals surface area contributed by atoms with Gasteiger partial charge in [0, 0.05) is 19.8 Å². The third-order valence-corrected chi connectivity index (χ3v) is 3.14. The van der Waals surface area contributed by atoms with Crippen molar-refractivity contribution in [3.05, 3.63) is 77.6 Å². The fraction of sp³-hybridized carbons (Fsp3) is 0.105. The van der Waals surface area contributed by atoms with Crippen LogP contribution in [-0.2, 0) is 4.79 Å². The maximum absolute atomic E-state index is 13.0. The predicted molar refractivity (Wildman–Crippen MR) is 90.2 cm³/mol. The van der Waals surface area contributed by atoms with Crippen molar-refractivity contribution in [1.82, 2.24) is 0 Å². The van der Waals surface area contributed by atoms with Gasteiger partial charge in [-0.2, -0.15) is 0 Å². The highest BCUT2D eigenvalue weighted by Gasteiger charge is 1.95. The van der Waals surface area contributed by atoms with Gasteiger partial charge in [0.1, 0.15) is 5.82 Å². The van der Waals surface area contributed by atoms with Crippen molar-refractivity contribution in [3.8, 4) is 0 Å². The van der Waals surface area contributed by atoms with Gasteiger partial charge in [-0.05, 0) is 47.5 Å². The first kappa shape index (κ1) is 15.7. The maximum Gasteiger partial charge on any atom is 0.178 e. The van der Waals surface area contributed by atoms with Crippen LogP contribution in [0.4, 0.5) is 10.1 Å². The summed E-state index contributed by atoms with van der Waals surface area (Å²) in [6.07, 6.45) is 6.29. The molecule has 0 spiro atoms. The van der Waals surface area contributed by atoms with Crippen LogP contribution in [-0.4, -0.2) is 19.9 Å². The molecule has 112 valence electrons. The summed E-state index contributed by atoms with van der Waals surface area (Å²) in [6, 6.07) is 14.0. The van der Waals surface area contributed by atoms with Crippen molar-refractivity contribution in [2.75, 3.05) is 19.0 Å². The fourth-order valence-electron chi connectivity index (χ4n) is 1.91. The molecule has 0 bridgehead atoms. The Morgan fingerprint density at radius 2 is 1.59 bits per heavy atom. The first-order valence-corrected chi connectivity index (χ1v) is 6.98. The van der Waals surface area contributed by atoms with E-state index in [9.17, 15) is 9.18 Å². The minimum absolute atomic E-state index is 0.138. The normalized spacial score (nSPS) is 11.2. The first-order chi connectivity index (χ1) is 10.5. The third-order valence-electron chi connectivity index (χ3n) is 3.14. The number of carbonyl (C=O) groups excluding carboxylic acids is 1. The van der Waals surface area contributed by atoms with E-state index in [0.717, 1.165) is 11.3 Å². The van der Waals surface area contributed by atoms with Crippen molar-refractivity contribution in [1.29, 1.82) is 0 Å². The minimum Gasteiger partial charge on any atom is -0.378 e. The summed E-state index contributed by atoms with van der Waals surface area (Å²) in [6.45, 7) is 0. The molecule has 2 nitrogen and oxygen atoms in total. The van der Waals surface area contributed by atoms with E-state index in [0.29, 0.717) is 5.56 Å². The Morgan fingerprint density at radius 1 is 0.955 bits per heavy atom. The summed E-state index contributed by atoms with van der Waals surface area (Å²) < 4.78 is 13.0. The number of halogens is 1. The summed E-state index contributed by atoms with van der Waals surface area (Å²) in [4.78, 5) is 13.8. The van der Waals surface area contributed by atoms with Crippen molar-refractivity contribution in [3.63, 3.8) is 0 Å². The zero-order valence-electron chi connectivity index (χ0n) is 12.7. The lowest BCUT2D eigenvalue weighted by Crippen LogP contribution is -2.07. The summed E-state index contributed by atoms with van der Waals surface area (Å²) >= 11 is 0. The molecule has 0 aliphatic rings. The van der Waals surface area contributed by atoms with Crippen LogP contribution in [0.25, 0.3) is 12.2 Å². The van der Waals surface area contributed by atoms with Crippen LogP contribution in [0.2, 0.25) is 0 Å². The molecule has 0 aliphatic heterocycles. The molecular formula is C19H18FNO. The van der Waals surface area contributed by atoms with E-state index in [2.05, 4.69) is 0 Å². The molecule has 0 amide bonds. The number of carbonyl (C=O) groups is 1. The zero-order valence-corrected chi connectivity index (χ0v) is 12.7. The number of hydrogen-bond acceptors (Lipinski definition) is 2. The van der Waals surface area contributed by atoms with Crippen molar-refractivity contribution in [2.45, 2.75) is 0 Å². The van der Waals surface area contributed by atoms with Crippen LogP contribution in [0, 0.1) is 5.82 Å². The Morgan fingerprint density at radius 3 is 2.18 bits per heavy atom. The smallest absolute Gasteiger partial charge is 0.178 e. The molecule has 0 aromatic heterocycles. The highest BCUT2D eigenvalue weighted by atomic mass is 19.1. The van der Waals surface area contributed by atoms with Gasteiger partial charge in [0.05, 0.1) is 0 Å². The van der Waals surface area contributed by atoms with Gasteiger partial charge in [0.15, 0.2) is 5.78 Å². The van der Waals surface area contributed by atoms with Gasteiger partial charge in [0.2, 0.25) is 0 Å². The van der Waals surface area contributed by atoms with Crippen LogP contribution in [0.1, 0.15) is 11.1 Å². The molecule has 3 heteroatoms. The van der Waals surface area contributed by atoms with E-state index in [4.69, 9.17) is 0 Å². The Kier molecular flexibility index (Phi) is 5.26. The van der Waals surface area contributed by atoms with Gasteiger partial charge in [-0.15, -0.1) is 0 Å². The van der Waals surface area contributed by atoms with E-state index >= 15 is 0 Å². The number of hydrogen-bond donors (Lipinski definition) is 0. The summed E-state index contributed by atoms with van der Waals surface area (Å²) in [5.41, 5.74) is 2.73. The number of benzene rings is 2. The predicted octanol–water partition coefficient (Wildman–Crippen LogP) is 4.19. The van der Waals surface area contributed by atoms with Gasteiger partial charge < -0.3 is 4.90 Å². The first-order valence-electron chi connectivity index (χ1n) is 6.98. The van der Waals surface area contributed by atoms with Gasteiger partial charge in [-0.1, -0.05) is 36.4 Å². The second kappa shape index (κ2) is 7.36. The lowest BCUT2D eigenvalue weighted by molar-refractivity contribution is -0.110. The molecule has 0 saturated carbocycles. The highest BCUT2D eigenvalue weighted by Crippen LogP contribution is 2.13. The molecule has 0 heterocycles. The topological polar surface area (TPSA) is 20.3 Å². The zero-order chi connectivity index (χ0) is 15.9.